The van der Waals surface area contributed by atoms with Crippen molar-refractivity contribution in [1.29, 1.82) is 0 Å². The number of hydrogen-bond donors (Lipinski definition) is 1. The van der Waals surface area contributed by atoms with E-state index in [2.05, 4.69) is 15.3 Å². The topological polar surface area (TPSA) is 58.1 Å². The van der Waals surface area contributed by atoms with Crippen LogP contribution in [0.5, 0.6) is 0 Å². The zero-order chi connectivity index (χ0) is 14.0. The Morgan fingerprint density at radius 2 is 2.26 bits per heavy atom. The third kappa shape index (κ3) is 2.77. The van der Waals surface area contributed by atoms with Gasteiger partial charge in [-0.25, -0.2) is 9.97 Å². The molecule has 1 fully saturated rings. The lowest BCUT2D eigenvalue weighted by Crippen LogP contribution is -2.42. The fourth-order valence-electron chi connectivity index (χ4n) is 2.09. The second-order valence-electron chi connectivity index (χ2n) is 4.21. The standard InChI is InChI=1S/C11H13F3N4O/c1-15-9(19)7-3-2-6-18(7)10-16-5-4-8(17-10)11(12,13)14/h4-5,7H,2-3,6H2,1H3,(H,15,19). The zero-order valence-electron chi connectivity index (χ0n) is 10.2. The van der Waals surface area contributed by atoms with Gasteiger partial charge in [-0.3, -0.25) is 4.79 Å². The number of nitrogens with zero attached hydrogens (tertiary/aromatic N) is 3. The molecule has 19 heavy (non-hydrogen) atoms. The Balaban J connectivity index is 2.29. The average Bonchev–Trinajstić information content (AvgIpc) is 2.86. The molecule has 1 aliphatic heterocycles. The van der Waals surface area contributed by atoms with Gasteiger partial charge in [0.1, 0.15) is 11.7 Å². The van der Waals surface area contributed by atoms with Gasteiger partial charge in [0.05, 0.1) is 0 Å². The number of carbonyl (C=O) groups is 1. The number of carbonyl (C=O) groups excluding carboxylic acids is 1. The Morgan fingerprint density at radius 3 is 2.89 bits per heavy atom. The van der Waals surface area contributed by atoms with Crippen molar-refractivity contribution in [2.45, 2.75) is 25.1 Å². The van der Waals surface area contributed by atoms with Crippen molar-refractivity contribution in [3.63, 3.8) is 0 Å². The highest BCUT2D eigenvalue weighted by molar-refractivity contribution is 5.84. The van der Waals surface area contributed by atoms with Gasteiger partial charge in [-0.1, -0.05) is 0 Å². The molecule has 1 saturated heterocycles. The molecule has 1 amide bonds. The molecular formula is C11H13F3N4O. The largest absolute Gasteiger partial charge is 0.433 e. The summed E-state index contributed by atoms with van der Waals surface area (Å²) in [6.45, 7) is 0.472. The van der Waals surface area contributed by atoms with Crippen LogP contribution in [0.2, 0.25) is 0 Å². The van der Waals surface area contributed by atoms with Gasteiger partial charge in [-0.2, -0.15) is 13.2 Å². The Bertz CT molecular complexity index is 477. The monoisotopic (exact) mass is 274 g/mol. The van der Waals surface area contributed by atoms with Gasteiger partial charge in [0.25, 0.3) is 0 Å². The quantitative estimate of drug-likeness (QED) is 0.880. The van der Waals surface area contributed by atoms with E-state index in [9.17, 15) is 18.0 Å². The van der Waals surface area contributed by atoms with Gasteiger partial charge in [-0.15, -0.1) is 0 Å². The van der Waals surface area contributed by atoms with Crippen molar-refractivity contribution in [1.82, 2.24) is 15.3 Å². The second-order valence-corrected chi connectivity index (χ2v) is 4.21. The molecule has 2 heterocycles. The summed E-state index contributed by atoms with van der Waals surface area (Å²) < 4.78 is 37.8. The minimum atomic E-state index is -4.51. The van der Waals surface area contributed by atoms with Crippen molar-refractivity contribution < 1.29 is 18.0 Å². The van der Waals surface area contributed by atoms with E-state index in [4.69, 9.17) is 0 Å². The molecule has 0 aliphatic carbocycles. The van der Waals surface area contributed by atoms with Crippen LogP contribution in [0.25, 0.3) is 0 Å². The molecule has 2 rings (SSSR count). The molecule has 104 valence electrons. The van der Waals surface area contributed by atoms with Crippen LogP contribution < -0.4 is 10.2 Å². The molecule has 1 unspecified atom stereocenters. The highest BCUT2D eigenvalue weighted by Gasteiger charge is 2.36. The van der Waals surface area contributed by atoms with Crippen LogP contribution in [-0.2, 0) is 11.0 Å². The van der Waals surface area contributed by atoms with Gasteiger partial charge in [0.15, 0.2) is 0 Å². The number of nitrogens with one attached hydrogen (secondary N) is 1. The predicted octanol–water partition coefficient (Wildman–Crippen LogP) is 1.21. The first-order valence-electron chi connectivity index (χ1n) is 5.82. The zero-order valence-corrected chi connectivity index (χ0v) is 10.2. The first-order chi connectivity index (χ1) is 8.93. The minimum absolute atomic E-state index is 0.0547. The number of anilines is 1. The average molecular weight is 274 g/mol. The summed E-state index contributed by atoms with van der Waals surface area (Å²) in [5, 5.41) is 2.49. The van der Waals surface area contributed by atoms with Crippen molar-refractivity contribution in [2.75, 3.05) is 18.5 Å². The number of amides is 1. The minimum Gasteiger partial charge on any atom is -0.357 e. The van der Waals surface area contributed by atoms with E-state index in [-0.39, 0.29) is 11.9 Å². The fraction of sp³-hybridized carbons (Fsp3) is 0.545. The highest BCUT2D eigenvalue weighted by atomic mass is 19.4. The highest BCUT2D eigenvalue weighted by Crippen LogP contribution is 2.29. The maximum Gasteiger partial charge on any atom is 0.433 e. The number of hydrogen-bond acceptors (Lipinski definition) is 4. The van der Waals surface area contributed by atoms with E-state index >= 15 is 0 Å². The van der Waals surface area contributed by atoms with E-state index in [1.54, 1.807) is 0 Å². The van der Waals surface area contributed by atoms with Gasteiger partial charge >= 0.3 is 6.18 Å². The van der Waals surface area contributed by atoms with Crippen LogP contribution in [0.3, 0.4) is 0 Å². The van der Waals surface area contributed by atoms with E-state index in [0.717, 1.165) is 18.7 Å². The van der Waals surface area contributed by atoms with E-state index in [0.29, 0.717) is 13.0 Å². The van der Waals surface area contributed by atoms with Crippen molar-refractivity contribution in [2.24, 2.45) is 0 Å². The molecule has 0 spiro atoms. The van der Waals surface area contributed by atoms with Gasteiger partial charge in [0.2, 0.25) is 11.9 Å². The lowest BCUT2D eigenvalue weighted by atomic mass is 10.2. The maximum absolute atomic E-state index is 12.6. The van der Waals surface area contributed by atoms with Crippen molar-refractivity contribution in [3.8, 4) is 0 Å². The van der Waals surface area contributed by atoms with Crippen molar-refractivity contribution >= 4 is 11.9 Å². The molecule has 1 aromatic rings. The summed E-state index contributed by atoms with van der Waals surface area (Å²) in [4.78, 5) is 20.5. The normalized spacial score (nSPS) is 19.6. The smallest absolute Gasteiger partial charge is 0.357 e. The molecular weight excluding hydrogens is 261 g/mol. The van der Waals surface area contributed by atoms with Gasteiger partial charge < -0.3 is 10.2 Å². The first kappa shape index (κ1) is 13.6. The summed E-state index contributed by atoms with van der Waals surface area (Å²) >= 11 is 0. The number of likely N-dealkylation sites (N-methyl/N-ethyl adjacent to an activating group) is 1. The predicted molar refractivity (Wildman–Crippen MR) is 61.5 cm³/mol. The van der Waals surface area contributed by atoms with Crippen LogP contribution in [0, 0.1) is 0 Å². The fourth-order valence-corrected chi connectivity index (χ4v) is 2.09. The van der Waals surface area contributed by atoms with E-state index in [1.165, 1.54) is 11.9 Å². The number of halogens is 3. The van der Waals surface area contributed by atoms with Gasteiger partial charge in [0, 0.05) is 19.8 Å². The Kier molecular flexibility index (Phi) is 3.59. The molecule has 1 aliphatic rings. The Labute approximate surface area is 107 Å². The van der Waals surface area contributed by atoms with Gasteiger partial charge in [-0.05, 0) is 18.9 Å². The SMILES string of the molecule is CNC(=O)C1CCCN1c1nccc(C(F)(F)F)n1. The summed E-state index contributed by atoms with van der Waals surface area (Å²) in [6.07, 6.45) is -2.15. The summed E-state index contributed by atoms with van der Waals surface area (Å²) in [5.74, 6) is -0.292. The molecule has 1 N–H and O–H groups in total. The summed E-state index contributed by atoms with van der Waals surface area (Å²) in [5.41, 5.74) is -1.000. The maximum atomic E-state index is 12.6. The molecule has 1 aromatic heterocycles. The molecule has 0 radical (unpaired) electrons. The van der Waals surface area contributed by atoms with Crippen LogP contribution in [-0.4, -0.2) is 35.5 Å². The summed E-state index contributed by atoms with van der Waals surface area (Å²) in [6, 6.07) is 0.308. The lowest BCUT2D eigenvalue weighted by Gasteiger charge is -2.23. The van der Waals surface area contributed by atoms with Crippen LogP contribution in [0.15, 0.2) is 12.3 Å². The van der Waals surface area contributed by atoms with Crippen LogP contribution in [0.4, 0.5) is 19.1 Å². The molecule has 1 atom stereocenters. The molecule has 0 saturated carbocycles. The molecule has 0 aromatic carbocycles. The lowest BCUT2D eigenvalue weighted by molar-refractivity contribution is -0.141. The van der Waals surface area contributed by atoms with Crippen LogP contribution in [0.1, 0.15) is 18.5 Å². The number of rotatable bonds is 2. The first-order valence-corrected chi connectivity index (χ1v) is 5.82. The Hall–Kier alpha value is -1.86. The molecule has 0 bridgehead atoms. The van der Waals surface area contributed by atoms with Crippen molar-refractivity contribution in [3.05, 3.63) is 18.0 Å². The molecule has 5 nitrogen and oxygen atoms in total. The number of aromatic nitrogens is 2. The van der Waals surface area contributed by atoms with Crippen LogP contribution >= 0.6 is 0 Å². The van der Waals surface area contributed by atoms with E-state index < -0.39 is 17.9 Å². The Morgan fingerprint density at radius 1 is 1.53 bits per heavy atom. The number of alkyl halides is 3. The third-order valence-corrected chi connectivity index (χ3v) is 2.99. The molecule has 8 heteroatoms. The van der Waals surface area contributed by atoms with E-state index in [1.807, 2.05) is 0 Å². The third-order valence-electron chi connectivity index (χ3n) is 2.99. The summed E-state index contributed by atoms with van der Waals surface area (Å²) in [7, 11) is 1.49. The second kappa shape index (κ2) is 5.02.